The normalized spacial score (nSPS) is 12.2. The third kappa shape index (κ3) is 5.62. The van der Waals surface area contributed by atoms with Crippen molar-refractivity contribution in [1.82, 2.24) is 5.32 Å². The average Bonchev–Trinajstić information content (AvgIpc) is 2.22. The number of rotatable bonds is 5. The Morgan fingerprint density at radius 1 is 1.29 bits per heavy atom. The molecule has 0 heterocycles. The highest BCUT2D eigenvalue weighted by atomic mass is 35.5. The van der Waals surface area contributed by atoms with Crippen LogP contribution in [-0.4, -0.2) is 17.8 Å². The lowest BCUT2D eigenvalue weighted by molar-refractivity contribution is 0.0953. The van der Waals surface area contributed by atoms with Crippen molar-refractivity contribution >= 4 is 40.7 Å². The molecule has 0 aliphatic rings. The molecule has 5 heteroatoms. The van der Waals surface area contributed by atoms with E-state index in [9.17, 15) is 4.79 Å². The summed E-state index contributed by atoms with van der Waals surface area (Å²) in [7, 11) is 0. The summed E-state index contributed by atoms with van der Waals surface area (Å²) in [6.07, 6.45) is 1.73. The standard InChI is InChI=1S/C12H14Cl3NO/c1-8(13)3-2-4-16-12(17)9-5-10(14)7-11(15)6-9/h5-8H,2-4H2,1H3,(H,16,17). The largest absolute Gasteiger partial charge is 0.352 e. The number of alkyl halides is 1. The minimum Gasteiger partial charge on any atom is -0.352 e. The predicted molar refractivity (Wildman–Crippen MR) is 73.3 cm³/mol. The van der Waals surface area contributed by atoms with Gasteiger partial charge in [0.15, 0.2) is 0 Å². The maximum atomic E-state index is 11.7. The van der Waals surface area contributed by atoms with Crippen molar-refractivity contribution in [1.29, 1.82) is 0 Å². The number of halogens is 3. The topological polar surface area (TPSA) is 29.1 Å². The van der Waals surface area contributed by atoms with Gasteiger partial charge < -0.3 is 5.32 Å². The van der Waals surface area contributed by atoms with E-state index in [1.54, 1.807) is 18.2 Å². The van der Waals surface area contributed by atoms with Gasteiger partial charge in [-0.2, -0.15) is 0 Å². The van der Waals surface area contributed by atoms with E-state index in [-0.39, 0.29) is 11.3 Å². The lowest BCUT2D eigenvalue weighted by Gasteiger charge is -2.06. The fourth-order valence-electron chi connectivity index (χ4n) is 1.37. The second-order valence-corrected chi connectivity index (χ2v) is 5.45. The second-order valence-electron chi connectivity index (χ2n) is 3.84. The van der Waals surface area contributed by atoms with Gasteiger partial charge in [-0.15, -0.1) is 11.6 Å². The summed E-state index contributed by atoms with van der Waals surface area (Å²) < 4.78 is 0. The van der Waals surface area contributed by atoms with E-state index in [2.05, 4.69) is 5.32 Å². The first-order valence-corrected chi connectivity index (χ1v) is 6.56. The number of benzene rings is 1. The maximum absolute atomic E-state index is 11.7. The van der Waals surface area contributed by atoms with Crippen molar-refractivity contribution in [3.8, 4) is 0 Å². The number of carbonyl (C=O) groups is 1. The molecule has 1 rings (SSSR count). The highest BCUT2D eigenvalue weighted by Gasteiger charge is 2.07. The van der Waals surface area contributed by atoms with Crippen molar-refractivity contribution in [2.75, 3.05) is 6.54 Å². The van der Waals surface area contributed by atoms with Gasteiger partial charge in [-0.25, -0.2) is 0 Å². The lowest BCUT2D eigenvalue weighted by Crippen LogP contribution is -2.24. The summed E-state index contributed by atoms with van der Waals surface area (Å²) in [5.74, 6) is -0.170. The molecule has 1 atom stereocenters. The molecule has 1 N–H and O–H groups in total. The summed E-state index contributed by atoms with van der Waals surface area (Å²) in [6, 6.07) is 4.77. The number of carbonyl (C=O) groups excluding carboxylic acids is 1. The van der Waals surface area contributed by atoms with Crippen LogP contribution in [0.4, 0.5) is 0 Å². The van der Waals surface area contributed by atoms with Crippen LogP contribution in [-0.2, 0) is 0 Å². The van der Waals surface area contributed by atoms with Crippen LogP contribution in [0.2, 0.25) is 10.0 Å². The molecule has 0 aliphatic heterocycles. The first-order chi connectivity index (χ1) is 7.99. The van der Waals surface area contributed by atoms with Crippen molar-refractivity contribution in [3.05, 3.63) is 33.8 Å². The summed E-state index contributed by atoms with van der Waals surface area (Å²) >= 11 is 17.4. The number of nitrogens with one attached hydrogen (secondary N) is 1. The summed E-state index contributed by atoms with van der Waals surface area (Å²) in [5.41, 5.74) is 0.474. The quantitative estimate of drug-likeness (QED) is 0.642. The fraction of sp³-hybridized carbons (Fsp3) is 0.417. The molecule has 1 aromatic carbocycles. The predicted octanol–water partition coefficient (Wildman–Crippen LogP) is 4.13. The first-order valence-electron chi connectivity index (χ1n) is 5.37. The fourth-order valence-corrected chi connectivity index (χ4v) is 2.05. The van der Waals surface area contributed by atoms with Crippen LogP contribution in [0, 0.1) is 0 Å². The van der Waals surface area contributed by atoms with E-state index in [1.807, 2.05) is 6.92 Å². The molecule has 94 valence electrons. The summed E-state index contributed by atoms with van der Waals surface area (Å²) in [5, 5.41) is 3.84. The van der Waals surface area contributed by atoms with Crippen LogP contribution in [0.15, 0.2) is 18.2 Å². The van der Waals surface area contributed by atoms with Gasteiger partial charge in [0.1, 0.15) is 0 Å². The minimum atomic E-state index is -0.170. The molecular formula is C12H14Cl3NO. The van der Waals surface area contributed by atoms with Gasteiger partial charge in [0.2, 0.25) is 0 Å². The molecule has 2 nitrogen and oxygen atoms in total. The van der Waals surface area contributed by atoms with Crippen molar-refractivity contribution < 1.29 is 4.79 Å². The zero-order valence-electron chi connectivity index (χ0n) is 9.47. The minimum absolute atomic E-state index is 0.132. The van der Waals surface area contributed by atoms with E-state index in [4.69, 9.17) is 34.8 Å². The first kappa shape index (κ1) is 14.6. The molecule has 0 aliphatic carbocycles. The number of amides is 1. The van der Waals surface area contributed by atoms with E-state index >= 15 is 0 Å². The molecule has 1 unspecified atom stereocenters. The summed E-state index contributed by atoms with van der Waals surface area (Å²) in [4.78, 5) is 11.7. The Labute approximate surface area is 116 Å². The van der Waals surface area contributed by atoms with Crippen LogP contribution in [0.1, 0.15) is 30.1 Å². The van der Waals surface area contributed by atoms with Crippen LogP contribution in [0.3, 0.4) is 0 Å². The molecule has 0 aromatic heterocycles. The SMILES string of the molecule is CC(Cl)CCCNC(=O)c1cc(Cl)cc(Cl)c1. The van der Waals surface area contributed by atoms with Crippen LogP contribution >= 0.6 is 34.8 Å². The Morgan fingerprint density at radius 3 is 2.41 bits per heavy atom. The molecule has 0 bridgehead atoms. The molecule has 0 saturated carbocycles. The highest BCUT2D eigenvalue weighted by Crippen LogP contribution is 2.18. The Kier molecular flexibility index (Phi) is 6.10. The molecule has 0 fully saturated rings. The number of hydrogen-bond acceptors (Lipinski definition) is 1. The van der Waals surface area contributed by atoms with Gasteiger partial charge in [0, 0.05) is 27.5 Å². The van der Waals surface area contributed by atoms with E-state index in [0.29, 0.717) is 22.2 Å². The average molecular weight is 295 g/mol. The van der Waals surface area contributed by atoms with Crippen LogP contribution < -0.4 is 5.32 Å². The zero-order chi connectivity index (χ0) is 12.8. The zero-order valence-corrected chi connectivity index (χ0v) is 11.7. The maximum Gasteiger partial charge on any atom is 0.251 e. The molecule has 0 radical (unpaired) electrons. The third-order valence-corrected chi connectivity index (χ3v) is 2.84. The Balaban J connectivity index is 2.47. The molecule has 0 spiro atoms. The van der Waals surface area contributed by atoms with Gasteiger partial charge >= 0.3 is 0 Å². The van der Waals surface area contributed by atoms with Gasteiger partial charge in [-0.05, 0) is 38.0 Å². The van der Waals surface area contributed by atoms with Gasteiger partial charge in [-0.1, -0.05) is 23.2 Å². The molecule has 17 heavy (non-hydrogen) atoms. The lowest BCUT2D eigenvalue weighted by atomic mass is 10.2. The van der Waals surface area contributed by atoms with E-state index in [0.717, 1.165) is 12.8 Å². The van der Waals surface area contributed by atoms with Gasteiger partial charge in [-0.3, -0.25) is 4.79 Å². The third-order valence-electron chi connectivity index (χ3n) is 2.19. The Morgan fingerprint density at radius 2 is 1.88 bits per heavy atom. The van der Waals surface area contributed by atoms with Crippen LogP contribution in [0.5, 0.6) is 0 Å². The van der Waals surface area contributed by atoms with Crippen molar-refractivity contribution in [2.24, 2.45) is 0 Å². The monoisotopic (exact) mass is 293 g/mol. The Hall–Kier alpha value is -0.440. The van der Waals surface area contributed by atoms with Crippen molar-refractivity contribution in [2.45, 2.75) is 25.1 Å². The highest BCUT2D eigenvalue weighted by molar-refractivity contribution is 6.35. The number of hydrogen-bond donors (Lipinski definition) is 1. The second kappa shape index (κ2) is 7.10. The van der Waals surface area contributed by atoms with Crippen LogP contribution in [0.25, 0.3) is 0 Å². The van der Waals surface area contributed by atoms with Crippen molar-refractivity contribution in [3.63, 3.8) is 0 Å². The van der Waals surface area contributed by atoms with Gasteiger partial charge in [0.05, 0.1) is 0 Å². The smallest absolute Gasteiger partial charge is 0.251 e. The molecule has 1 amide bonds. The summed E-state index contributed by atoms with van der Waals surface area (Å²) in [6.45, 7) is 2.53. The van der Waals surface area contributed by atoms with E-state index < -0.39 is 0 Å². The van der Waals surface area contributed by atoms with E-state index in [1.165, 1.54) is 0 Å². The molecule has 0 saturated heterocycles. The molecular weight excluding hydrogens is 280 g/mol. The molecule has 1 aromatic rings. The Bertz CT molecular complexity index is 373. The van der Waals surface area contributed by atoms with Gasteiger partial charge in [0.25, 0.3) is 5.91 Å².